The molecule has 4 aromatic rings. The second kappa shape index (κ2) is 15.2. The van der Waals surface area contributed by atoms with Gasteiger partial charge in [-0.2, -0.15) is 0 Å². The number of halogens is 3. The van der Waals surface area contributed by atoms with Gasteiger partial charge in [-0.3, -0.25) is 19.7 Å². The molecule has 2 atom stereocenters. The predicted octanol–water partition coefficient (Wildman–Crippen LogP) is 7.22. The maximum Gasteiger partial charge on any atom is 0.269 e. The number of nitro benzene ring substituents is 1. The molecule has 9 nitrogen and oxygen atoms in total. The lowest BCUT2D eigenvalue weighted by molar-refractivity contribution is -0.384. The molecule has 0 unspecified atom stereocenters. The van der Waals surface area contributed by atoms with Crippen LogP contribution >= 0.6 is 34.8 Å². The van der Waals surface area contributed by atoms with E-state index in [0.29, 0.717) is 38.4 Å². The van der Waals surface area contributed by atoms with Gasteiger partial charge in [0.1, 0.15) is 0 Å². The van der Waals surface area contributed by atoms with Crippen LogP contribution in [0.15, 0.2) is 79.3 Å². The molecule has 0 spiro atoms. The zero-order chi connectivity index (χ0) is 31.8. The van der Waals surface area contributed by atoms with Gasteiger partial charge in [0.25, 0.3) is 11.6 Å². The van der Waals surface area contributed by atoms with Gasteiger partial charge in [0.05, 0.1) is 27.7 Å². The summed E-state index contributed by atoms with van der Waals surface area (Å²) in [5, 5.41) is 15.3. The number of nitrogens with zero attached hydrogens (tertiary/aromatic N) is 4. The Morgan fingerprint density at radius 3 is 2.48 bits per heavy atom. The van der Waals surface area contributed by atoms with E-state index in [1.165, 1.54) is 12.1 Å². The first-order chi connectivity index (χ1) is 21.0. The Labute approximate surface area is 270 Å². The third kappa shape index (κ3) is 8.59. The first-order valence-electron chi connectivity index (χ1n) is 14.0. The quantitative estimate of drug-likeness (QED) is 0.121. The Balaban J connectivity index is 1.53. The van der Waals surface area contributed by atoms with Crippen molar-refractivity contribution >= 4 is 52.3 Å². The summed E-state index contributed by atoms with van der Waals surface area (Å²) in [6, 6.07) is 17.9. The Hall–Kier alpha value is -3.92. The summed E-state index contributed by atoms with van der Waals surface area (Å²) in [6.07, 6.45) is 4.07. The molecule has 0 aliphatic heterocycles. The Morgan fingerprint density at radius 1 is 1.07 bits per heavy atom. The number of nitro groups is 1. The van der Waals surface area contributed by atoms with Crippen molar-refractivity contribution in [3.8, 4) is 0 Å². The largest absolute Gasteiger partial charge is 0.351 e. The van der Waals surface area contributed by atoms with Crippen LogP contribution in [0, 0.1) is 16.0 Å². The summed E-state index contributed by atoms with van der Waals surface area (Å²) >= 11 is 19.0. The molecular formula is C32H32Cl3N5O4. The van der Waals surface area contributed by atoms with Gasteiger partial charge >= 0.3 is 0 Å². The summed E-state index contributed by atoms with van der Waals surface area (Å²) in [7, 11) is 0. The van der Waals surface area contributed by atoms with Crippen molar-refractivity contribution in [2.45, 2.75) is 45.8 Å². The minimum Gasteiger partial charge on any atom is -0.351 e. The SMILES string of the molecule is CC[C@H](C)[C@@H](CN(Cc1cccc(Cl)c1Cl)C(=O)c1cccc(Cl)c1)NC(=O)Cc1cncn1Cc1ccc([N+](=O)[O-])cc1. The van der Waals surface area contributed by atoms with E-state index in [1.807, 2.05) is 24.5 Å². The van der Waals surface area contributed by atoms with E-state index in [-0.39, 0.29) is 49.0 Å². The highest BCUT2D eigenvalue weighted by molar-refractivity contribution is 6.42. The molecule has 3 aromatic carbocycles. The van der Waals surface area contributed by atoms with E-state index in [1.54, 1.807) is 66.0 Å². The van der Waals surface area contributed by atoms with Crippen molar-refractivity contribution in [1.29, 1.82) is 0 Å². The molecular weight excluding hydrogens is 625 g/mol. The van der Waals surface area contributed by atoms with Crippen molar-refractivity contribution in [3.63, 3.8) is 0 Å². The summed E-state index contributed by atoms with van der Waals surface area (Å²) in [4.78, 5) is 43.6. The highest BCUT2D eigenvalue weighted by atomic mass is 35.5. The molecule has 0 saturated heterocycles. The molecule has 1 aromatic heterocycles. The van der Waals surface area contributed by atoms with Gasteiger partial charge in [0, 0.05) is 60.3 Å². The Bertz CT molecular complexity index is 1630. The van der Waals surface area contributed by atoms with Crippen molar-refractivity contribution < 1.29 is 14.5 Å². The van der Waals surface area contributed by atoms with Crippen LogP contribution in [0.1, 0.15) is 47.4 Å². The van der Waals surface area contributed by atoms with Gasteiger partial charge < -0.3 is 14.8 Å². The van der Waals surface area contributed by atoms with Crippen LogP contribution in [0.4, 0.5) is 5.69 Å². The lowest BCUT2D eigenvalue weighted by atomic mass is 9.97. The average molecular weight is 657 g/mol. The number of carbonyl (C=O) groups excluding carboxylic acids is 2. The molecule has 4 rings (SSSR count). The molecule has 0 fully saturated rings. The van der Waals surface area contributed by atoms with Gasteiger partial charge in [-0.15, -0.1) is 0 Å². The summed E-state index contributed by atoms with van der Waals surface area (Å²) in [5.74, 6) is -0.447. The van der Waals surface area contributed by atoms with E-state index in [4.69, 9.17) is 34.8 Å². The number of non-ortho nitro benzene ring substituents is 1. The van der Waals surface area contributed by atoms with Crippen LogP contribution in [0.2, 0.25) is 15.1 Å². The topological polar surface area (TPSA) is 110 Å². The van der Waals surface area contributed by atoms with Gasteiger partial charge in [0.15, 0.2) is 0 Å². The third-order valence-electron chi connectivity index (χ3n) is 7.49. The zero-order valence-electron chi connectivity index (χ0n) is 24.3. The summed E-state index contributed by atoms with van der Waals surface area (Å²) < 4.78 is 1.83. The van der Waals surface area contributed by atoms with Gasteiger partial charge in [-0.05, 0) is 41.3 Å². The highest BCUT2D eigenvalue weighted by Gasteiger charge is 2.26. The fraction of sp³-hybridized carbons (Fsp3) is 0.281. The highest BCUT2D eigenvalue weighted by Crippen LogP contribution is 2.28. The number of benzene rings is 3. The molecule has 44 heavy (non-hydrogen) atoms. The molecule has 12 heteroatoms. The van der Waals surface area contributed by atoms with Crippen molar-refractivity contribution in [2.75, 3.05) is 6.54 Å². The number of imidazole rings is 1. The first kappa shape index (κ1) is 33.0. The number of hydrogen-bond acceptors (Lipinski definition) is 5. The number of hydrogen-bond donors (Lipinski definition) is 1. The van der Waals surface area contributed by atoms with Crippen molar-refractivity contribution in [1.82, 2.24) is 19.8 Å². The minimum absolute atomic E-state index is 0.00980. The van der Waals surface area contributed by atoms with E-state index < -0.39 is 4.92 Å². The maximum absolute atomic E-state index is 13.8. The summed E-state index contributed by atoms with van der Waals surface area (Å²) in [5.41, 5.74) is 2.62. The monoisotopic (exact) mass is 655 g/mol. The van der Waals surface area contributed by atoms with E-state index in [0.717, 1.165) is 12.0 Å². The lowest BCUT2D eigenvalue weighted by Crippen LogP contribution is -2.49. The van der Waals surface area contributed by atoms with E-state index in [2.05, 4.69) is 10.3 Å². The molecule has 0 bridgehead atoms. The molecule has 0 radical (unpaired) electrons. The standard InChI is InChI=1S/C32H32Cl3N5O4/c1-3-21(2)29(37-30(41)15-27-16-36-20-39(27)17-22-10-12-26(13-11-22)40(43)44)19-38(18-24-7-5-9-28(34)31(24)35)32(42)23-6-4-8-25(33)14-23/h4-14,16,20-21,29H,3,15,17-19H2,1-2H3,(H,37,41)/t21-,29+/m0/s1. The number of carbonyl (C=O) groups is 2. The normalized spacial score (nSPS) is 12.4. The number of rotatable bonds is 13. The zero-order valence-corrected chi connectivity index (χ0v) is 26.5. The van der Waals surface area contributed by atoms with Crippen molar-refractivity contribution in [3.05, 3.63) is 127 Å². The molecule has 0 saturated carbocycles. The third-order valence-corrected chi connectivity index (χ3v) is 8.58. The van der Waals surface area contributed by atoms with Crippen LogP contribution in [0.3, 0.4) is 0 Å². The maximum atomic E-state index is 13.8. The fourth-order valence-corrected chi connectivity index (χ4v) is 5.34. The van der Waals surface area contributed by atoms with Gasteiger partial charge in [-0.1, -0.05) is 85.4 Å². The predicted molar refractivity (Wildman–Crippen MR) is 172 cm³/mol. The molecule has 2 amide bonds. The van der Waals surface area contributed by atoms with E-state index in [9.17, 15) is 19.7 Å². The Morgan fingerprint density at radius 2 is 1.80 bits per heavy atom. The average Bonchev–Trinajstić information content (AvgIpc) is 3.43. The number of nitrogens with one attached hydrogen (secondary N) is 1. The second-order valence-electron chi connectivity index (χ2n) is 10.6. The smallest absolute Gasteiger partial charge is 0.269 e. The van der Waals surface area contributed by atoms with Gasteiger partial charge in [-0.25, -0.2) is 4.98 Å². The number of amides is 2. The fourth-order valence-electron chi connectivity index (χ4n) is 4.77. The summed E-state index contributed by atoms with van der Waals surface area (Å²) in [6.45, 7) is 4.85. The number of aromatic nitrogens is 2. The van der Waals surface area contributed by atoms with Crippen LogP contribution in [-0.2, 0) is 24.3 Å². The second-order valence-corrected chi connectivity index (χ2v) is 11.8. The van der Waals surface area contributed by atoms with E-state index >= 15 is 0 Å². The molecule has 0 aliphatic carbocycles. The minimum atomic E-state index is -0.447. The lowest BCUT2D eigenvalue weighted by Gasteiger charge is -2.32. The first-order valence-corrected chi connectivity index (χ1v) is 15.2. The van der Waals surface area contributed by atoms with Crippen LogP contribution in [0.25, 0.3) is 0 Å². The molecule has 1 N–H and O–H groups in total. The van der Waals surface area contributed by atoms with Crippen molar-refractivity contribution in [2.24, 2.45) is 5.92 Å². The van der Waals surface area contributed by atoms with Crippen LogP contribution < -0.4 is 5.32 Å². The molecule has 230 valence electrons. The molecule has 0 aliphatic rings. The van der Waals surface area contributed by atoms with Crippen LogP contribution in [0.5, 0.6) is 0 Å². The van der Waals surface area contributed by atoms with Gasteiger partial charge in [0.2, 0.25) is 5.91 Å². The van der Waals surface area contributed by atoms with Crippen LogP contribution in [-0.4, -0.2) is 43.8 Å². The molecule has 1 heterocycles. The Kier molecular flexibility index (Phi) is 11.4.